The minimum atomic E-state index is -0.984. The van der Waals surface area contributed by atoms with Crippen molar-refractivity contribution in [3.63, 3.8) is 0 Å². The number of benzene rings is 7. The first-order chi connectivity index (χ1) is 56.8. The van der Waals surface area contributed by atoms with E-state index >= 15 is 0 Å². The van der Waals surface area contributed by atoms with E-state index in [4.69, 9.17) is 0 Å². The Balaban J connectivity index is 0.000000145. The fourth-order valence-electron chi connectivity index (χ4n) is 16.7. The van der Waals surface area contributed by atoms with E-state index in [1.165, 1.54) is 9.80 Å². The van der Waals surface area contributed by atoms with Crippen molar-refractivity contribution >= 4 is 104 Å². The van der Waals surface area contributed by atoms with Gasteiger partial charge in [-0.1, -0.05) is 176 Å². The van der Waals surface area contributed by atoms with Gasteiger partial charge in [-0.2, -0.15) is 0 Å². The molecule has 10 aromatic rings. The molecule has 27 heteroatoms. The topological polar surface area (TPSA) is 370 Å². The minimum absolute atomic E-state index is 0.201. The van der Waals surface area contributed by atoms with Crippen LogP contribution >= 0.6 is 0 Å². The highest BCUT2D eigenvalue weighted by molar-refractivity contribution is 6.02. The number of carbonyl (C=O) groups is 12. The average molecular weight is 1580 g/mol. The molecule has 16 rings (SSSR count). The van der Waals surface area contributed by atoms with Gasteiger partial charge in [0.1, 0.15) is 72.5 Å². The maximum atomic E-state index is 14.0. The molecule has 604 valence electrons. The Morgan fingerprint density at radius 1 is 0.256 bits per heavy atom. The van der Waals surface area contributed by atoms with Gasteiger partial charge in [0.05, 0.1) is 0 Å². The number of carbonyl (C=O) groups excluding carboxylic acids is 12. The number of nitrogens with one attached hydrogen (secondary N) is 12. The lowest BCUT2D eigenvalue weighted by Crippen LogP contribution is -2.62. The molecule has 12 amide bonds. The van der Waals surface area contributed by atoms with Crippen LogP contribution in [0, 0.1) is 0 Å². The highest BCUT2D eigenvalue weighted by Gasteiger charge is 2.44. The molecule has 0 spiro atoms. The first-order valence-electron chi connectivity index (χ1n) is 40.2. The number of aromatic amines is 3. The van der Waals surface area contributed by atoms with E-state index in [0.29, 0.717) is 58.2 Å². The second kappa shape index (κ2) is 36.9. The van der Waals surface area contributed by atoms with Gasteiger partial charge in [-0.05, 0) is 110 Å². The predicted molar refractivity (Wildman–Crippen MR) is 440 cm³/mol. The van der Waals surface area contributed by atoms with E-state index in [9.17, 15) is 57.5 Å². The minimum Gasteiger partial charge on any atom is -0.361 e. The van der Waals surface area contributed by atoms with Crippen molar-refractivity contribution in [1.29, 1.82) is 0 Å². The highest BCUT2D eigenvalue weighted by atomic mass is 16.2. The van der Waals surface area contributed by atoms with Gasteiger partial charge < -0.3 is 77.5 Å². The standard InChI is InChI=1S/C34H35N5O4.2C28H31N5O4/c40-31-27(18-22-10-3-1-4-11-22)37-33(42)30-16-9-17-39(30)34(43)29(19-23-12-5-2-6-13-23)38-32(41)28(36-31)20-24-21-35-26-15-8-7-14-25(24)26;2*1-17-28(37)33-13-7-12-24(33)27(36)32-22(14-18-8-3-2-4-9-18)26(35)31-23(25(34)30-17)15-19-16-29-21-11-6-5-10-20(19)21/h1-8,10-15,21,27-30,35H,9,16-20H2,(H,36,40)(H,37,42)(H,38,41);2*2-6,8-11,16-17,22-24,29H,7,12-15H2,1H3,(H,30,34)(H,31,35)(H,32,36)/t27-,28+,29-,30+;17-,22-,23+,24+;17-,22-,23-,24+/m000/s1. The van der Waals surface area contributed by atoms with E-state index in [0.717, 1.165) is 71.7 Å². The molecule has 0 unspecified atom stereocenters. The van der Waals surface area contributed by atoms with Gasteiger partial charge in [0, 0.05) is 116 Å². The monoisotopic (exact) mass is 1580 g/mol. The summed E-state index contributed by atoms with van der Waals surface area (Å²) in [6.07, 6.45) is 10.7. The third-order valence-electron chi connectivity index (χ3n) is 22.8. The van der Waals surface area contributed by atoms with Gasteiger partial charge >= 0.3 is 0 Å². The molecule has 0 saturated carbocycles. The number of rotatable bonds is 14. The molecule has 0 bridgehead atoms. The van der Waals surface area contributed by atoms with E-state index in [-0.39, 0.29) is 80.4 Å². The summed E-state index contributed by atoms with van der Waals surface area (Å²) in [5, 5.41) is 28.8. The molecule has 7 aromatic carbocycles. The Morgan fingerprint density at radius 2 is 0.487 bits per heavy atom. The summed E-state index contributed by atoms with van der Waals surface area (Å²) in [5.41, 5.74) is 8.87. The molecule has 6 aliphatic rings. The van der Waals surface area contributed by atoms with Crippen LogP contribution in [0.2, 0.25) is 0 Å². The maximum absolute atomic E-state index is 14.0. The van der Waals surface area contributed by atoms with Crippen molar-refractivity contribution in [2.45, 2.75) is 170 Å². The van der Waals surface area contributed by atoms with Gasteiger partial charge in [0.25, 0.3) is 0 Å². The van der Waals surface area contributed by atoms with Crippen LogP contribution in [0.15, 0.2) is 213 Å². The average Bonchev–Trinajstić information content (AvgIpc) is 1.55. The Kier molecular flexibility index (Phi) is 25.4. The molecule has 27 nitrogen and oxygen atoms in total. The van der Waals surface area contributed by atoms with Crippen molar-refractivity contribution in [1.82, 2.24) is 77.5 Å². The van der Waals surface area contributed by atoms with Crippen LogP contribution in [0.1, 0.15) is 91.3 Å². The van der Waals surface area contributed by atoms with E-state index in [1.54, 1.807) is 18.7 Å². The number of hydrogen-bond donors (Lipinski definition) is 12. The molecule has 6 saturated heterocycles. The van der Waals surface area contributed by atoms with Crippen LogP contribution < -0.4 is 47.9 Å². The summed E-state index contributed by atoms with van der Waals surface area (Å²) in [7, 11) is 0. The van der Waals surface area contributed by atoms with Crippen LogP contribution in [-0.2, 0) is 102 Å². The summed E-state index contributed by atoms with van der Waals surface area (Å²) in [6.45, 7) is 4.51. The molecule has 0 radical (unpaired) electrons. The van der Waals surface area contributed by atoms with Crippen LogP contribution in [0.3, 0.4) is 0 Å². The van der Waals surface area contributed by atoms with Crippen molar-refractivity contribution in [2.75, 3.05) is 19.6 Å². The van der Waals surface area contributed by atoms with Crippen molar-refractivity contribution in [2.24, 2.45) is 0 Å². The van der Waals surface area contributed by atoms with Gasteiger partial charge in [-0.3, -0.25) is 57.5 Å². The van der Waals surface area contributed by atoms with E-state index in [1.807, 2.05) is 213 Å². The van der Waals surface area contributed by atoms with Crippen LogP contribution in [0.25, 0.3) is 32.7 Å². The fourth-order valence-corrected chi connectivity index (χ4v) is 16.7. The normalized spacial score (nSPS) is 24.3. The molecule has 3 aromatic heterocycles. The molecule has 6 fully saturated rings. The molecular formula is C90H97N15O12. The lowest BCUT2D eigenvalue weighted by atomic mass is 9.99. The fraction of sp³-hybridized carbons (Fsp3) is 0.333. The first kappa shape index (κ1) is 80.4. The SMILES string of the molecule is C[C@@H]1NC(=O)[C@@H](Cc2c[nH]c3ccccc23)NC(=O)[C@H](Cc2ccccc2)NC(=O)[C@H]2CCCN2C1=O.C[C@@H]1NC(=O)[C@H](Cc2c[nH]c3ccccc23)NC(=O)[C@H](Cc2ccccc2)NC(=O)[C@H]2CCCN2C1=O.O=C1N[C@H](Cc2c[nH]c3ccccc23)C(=O)N[C@@H](Cc2ccccc2)C(=O)N2CCC[C@@H]2C(=O)N[C@H]1Cc1ccccc1. The zero-order chi connectivity index (χ0) is 81.6. The third-order valence-corrected chi connectivity index (χ3v) is 22.8. The largest absolute Gasteiger partial charge is 0.361 e. The summed E-state index contributed by atoms with van der Waals surface area (Å²) >= 11 is 0. The van der Waals surface area contributed by atoms with Crippen LogP contribution in [-0.4, -0.2) is 193 Å². The molecule has 9 heterocycles. The molecule has 117 heavy (non-hydrogen) atoms. The first-order valence-corrected chi connectivity index (χ1v) is 40.2. The number of nitrogens with zero attached hydrogens (tertiary/aromatic N) is 3. The Labute approximate surface area is 676 Å². The molecule has 0 aliphatic carbocycles. The number of H-pyrrole nitrogens is 3. The Hall–Kier alpha value is -13.2. The summed E-state index contributed by atoms with van der Waals surface area (Å²) in [6, 6.07) is 50.7. The number of para-hydroxylation sites is 3. The predicted octanol–water partition coefficient (Wildman–Crippen LogP) is 5.52. The lowest BCUT2D eigenvalue weighted by Gasteiger charge is -2.32. The van der Waals surface area contributed by atoms with Gasteiger partial charge in [-0.25, -0.2) is 0 Å². The van der Waals surface area contributed by atoms with Crippen molar-refractivity contribution < 1.29 is 57.5 Å². The van der Waals surface area contributed by atoms with Crippen LogP contribution in [0.4, 0.5) is 0 Å². The van der Waals surface area contributed by atoms with Gasteiger partial charge in [-0.15, -0.1) is 0 Å². The quantitative estimate of drug-likeness (QED) is 0.0641. The van der Waals surface area contributed by atoms with Crippen molar-refractivity contribution in [3.05, 3.63) is 252 Å². The molecular weight excluding hydrogens is 1480 g/mol. The maximum Gasteiger partial charge on any atom is 0.246 e. The molecule has 12 atom stereocenters. The van der Waals surface area contributed by atoms with E-state index in [2.05, 4.69) is 62.8 Å². The summed E-state index contributed by atoms with van der Waals surface area (Å²) in [4.78, 5) is 177. The molecule has 6 aliphatic heterocycles. The van der Waals surface area contributed by atoms with Crippen LogP contribution in [0.5, 0.6) is 0 Å². The lowest BCUT2D eigenvalue weighted by molar-refractivity contribution is -0.143. The number of hydrogen-bond acceptors (Lipinski definition) is 12. The van der Waals surface area contributed by atoms with Crippen molar-refractivity contribution in [3.8, 4) is 0 Å². The van der Waals surface area contributed by atoms with E-state index < -0.39 is 108 Å². The highest BCUT2D eigenvalue weighted by Crippen LogP contribution is 2.28. The van der Waals surface area contributed by atoms with Gasteiger partial charge in [0.2, 0.25) is 70.9 Å². The Morgan fingerprint density at radius 3 is 0.786 bits per heavy atom. The smallest absolute Gasteiger partial charge is 0.246 e. The molecule has 12 N–H and O–H groups in total. The van der Waals surface area contributed by atoms with Gasteiger partial charge in [0.15, 0.2) is 0 Å². The number of fused-ring (bicyclic) bond motifs is 6. The second-order valence-electron chi connectivity index (χ2n) is 30.9. The third kappa shape index (κ3) is 19.3. The summed E-state index contributed by atoms with van der Waals surface area (Å²) in [5.74, 6) is -4.64. The number of amides is 12. The second-order valence-corrected chi connectivity index (χ2v) is 30.9. The number of aromatic nitrogens is 3. The zero-order valence-corrected chi connectivity index (χ0v) is 65.2. The zero-order valence-electron chi connectivity index (χ0n) is 65.2. The summed E-state index contributed by atoms with van der Waals surface area (Å²) < 4.78 is 0. The Bertz CT molecular complexity index is 5080.